The summed E-state index contributed by atoms with van der Waals surface area (Å²) >= 11 is 0. The molecule has 8 heteroatoms. The minimum Gasteiger partial charge on any atom is -0.490 e. The zero-order chi connectivity index (χ0) is 24.1. The van der Waals surface area contributed by atoms with Crippen molar-refractivity contribution in [3.8, 4) is 5.75 Å². The largest absolute Gasteiger partial charge is 0.490 e. The van der Waals surface area contributed by atoms with E-state index in [1.165, 1.54) is 32.1 Å². The van der Waals surface area contributed by atoms with Crippen molar-refractivity contribution in [1.29, 1.82) is 0 Å². The first kappa shape index (κ1) is 24.5. The van der Waals surface area contributed by atoms with Gasteiger partial charge in [-0.15, -0.1) is 0 Å². The van der Waals surface area contributed by atoms with Crippen molar-refractivity contribution in [2.24, 2.45) is 5.92 Å². The van der Waals surface area contributed by atoms with Crippen LogP contribution in [0.4, 0.5) is 5.69 Å². The van der Waals surface area contributed by atoms with Gasteiger partial charge in [0.15, 0.2) is 0 Å². The average Bonchev–Trinajstić information content (AvgIpc) is 2.86. The van der Waals surface area contributed by atoms with Crippen LogP contribution < -0.4 is 15.4 Å². The van der Waals surface area contributed by atoms with Crippen LogP contribution in [0, 0.1) is 5.92 Å². The number of ether oxygens (including phenoxy) is 2. The average molecular weight is 472 g/mol. The third kappa shape index (κ3) is 5.90. The Hall–Kier alpha value is -2.61. The van der Waals surface area contributed by atoms with Crippen LogP contribution in [0.5, 0.6) is 5.75 Å². The molecule has 2 aliphatic heterocycles. The Labute approximate surface area is 201 Å². The number of nitrogens with one attached hydrogen (secondary N) is 2. The van der Waals surface area contributed by atoms with E-state index in [9.17, 15) is 14.4 Å². The first-order valence-electron chi connectivity index (χ1n) is 12.7. The van der Waals surface area contributed by atoms with Crippen LogP contribution in [0.1, 0.15) is 75.1 Å². The number of carbonyl (C=O) groups is 3. The van der Waals surface area contributed by atoms with Crippen LogP contribution in [0.15, 0.2) is 18.2 Å². The van der Waals surface area contributed by atoms with Gasteiger partial charge in [-0.1, -0.05) is 26.2 Å². The van der Waals surface area contributed by atoms with Gasteiger partial charge in [0, 0.05) is 25.7 Å². The summed E-state index contributed by atoms with van der Waals surface area (Å²) in [6.45, 7) is 2.84. The SMILES string of the molecule is CCC(=O)Nc1ccc2c(c1)C(=O)N(C)[C@@H]1CC[C@@H](CC(=O)NCC3CCCCC3)O[C@H]1CO2. The number of fused-ring (bicyclic) bond motifs is 2. The van der Waals surface area contributed by atoms with E-state index in [2.05, 4.69) is 10.6 Å². The molecule has 0 bridgehead atoms. The predicted molar refractivity (Wildman–Crippen MR) is 129 cm³/mol. The lowest BCUT2D eigenvalue weighted by molar-refractivity contribution is -0.134. The second-order valence-electron chi connectivity index (χ2n) is 9.79. The van der Waals surface area contributed by atoms with Gasteiger partial charge in [0.05, 0.1) is 24.1 Å². The van der Waals surface area contributed by atoms with Gasteiger partial charge in [0.2, 0.25) is 11.8 Å². The molecule has 0 aromatic heterocycles. The second kappa shape index (κ2) is 11.2. The molecule has 2 N–H and O–H groups in total. The van der Waals surface area contributed by atoms with Crippen molar-refractivity contribution >= 4 is 23.4 Å². The van der Waals surface area contributed by atoms with E-state index in [-0.39, 0.29) is 36.0 Å². The van der Waals surface area contributed by atoms with Gasteiger partial charge in [-0.2, -0.15) is 0 Å². The molecule has 3 atom stereocenters. The Bertz CT molecular complexity index is 898. The van der Waals surface area contributed by atoms with Gasteiger partial charge < -0.3 is 25.0 Å². The highest BCUT2D eigenvalue weighted by Crippen LogP contribution is 2.32. The van der Waals surface area contributed by atoms with Crippen molar-refractivity contribution in [1.82, 2.24) is 10.2 Å². The lowest BCUT2D eigenvalue weighted by atomic mass is 9.89. The summed E-state index contributed by atoms with van der Waals surface area (Å²) in [5, 5.41) is 5.90. The van der Waals surface area contributed by atoms with E-state index in [1.807, 2.05) is 0 Å². The predicted octanol–water partition coefficient (Wildman–Crippen LogP) is 3.50. The van der Waals surface area contributed by atoms with Crippen LogP contribution in [0.3, 0.4) is 0 Å². The molecular formula is C26H37N3O5. The van der Waals surface area contributed by atoms with Crippen LogP contribution in [0.2, 0.25) is 0 Å². The molecule has 3 amide bonds. The van der Waals surface area contributed by atoms with Crippen molar-refractivity contribution in [2.75, 3.05) is 25.5 Å². The summed E-state index contributed by atoms with van der Waals surface area (Å²) in [5.74, 6) is 0.841. The highest BCUT2D eigenvalue weighted by atomic mass is 16.5. The molecule has 0 unspecified atom stereocenters. The number of likely N-dealkylation sites (N-methyl/N-ethyl adjacent to an activating group) is 1. The number of benzene rings is 1. The molecule has 1 aromatic carbocycles. The van der Waals surface area contributed by atoms with Crippen LogP contribution in [-0.2, 0) is 14.3 Å². The molecule has 8 nitrogen and oxygen atoms in total. The van der Waals surface area contributed by atoms with E-state index in [0.717, 1.165) is 19.4 Å². The number of amides is 3. The van der Waals surface area contributed by atoms with Gasteiger partial charge in [0.1, 0.15) is 18.5 Å². The maximum absolute atomic E-state index is 13.3. The Morgan fingerprint density at radius 1 is 1.09 bits per heavy atom. The number of rotatable bonds is 6. The smallest absolute Gasteiger partial charge is 0.257 e. The summed E-state index contributed by atoms with van der Waals surface area (Å²) in [7, 11) is 1.78. The van der Waals surface area contributed by atoms with E-state index >= 15 is 0 Å². The third-order valence-corrected chi connectivity index (χ3v) is 7.34. The molecular weight excluding hydrogens is 434 g/mol. The third-order valence-electron chi connectivity index (χ3n) is 7.34. The molecule has 1 aliphatic carbocycles. The fourth-order valence-electron chi connectivity index (χ4n) is 5.28. The van der Waals surface area contributed by atoms with Crippen LogP contribution in [-0.4, -0.2) is 61.1 Å². The number of nitrogens with zero attached hydrogens (tertiary/aromatic N) is 1. The second-order valence-corrected chi connectivity index (χ2v) is 9.79. The quantitative estimate of drug-likeness (QED) is 0.662. The molecule has 34 heavy (non-hydrogen) atoms. The van der Waals surface area contributed by atoms with Gasteiger partial charge in [-0.25, -0.2) is 0 Å². The molecule has 4 rings (SSSR count). The molecule has 2 heterocycles. The molecule has 1 aromatic rings. The summed E-state index contributed by atoms with van der Waals surface area (Å²) in [6, 6.07) is 4.99. The minimum atomic E-state index is -0.300. The highest BCUT2D eigenvalue weighted by Gasteiger charge is 2.39. The van der Waals surface area contributed by atoms with Crippen molar-refractivity contribution in [2.45, 2.75) is 83.0 Å². The maximum atomic E-state index is 13.3. The van der Waals surface area contributed by atoms with E-state index in [0.29, 0.717) is 42.4 Å². The van der Waals surface area contributed by atoms with Crippen molar-refractivity contribution in [3.63, 3.8) is 0 Å². The molecule has 0 spiro atoms. The van der Waals surface area contributed by atoms with E-state index in [1.54, 1.807) is 37.1 Å². The first-order chi connectivity index (χ1) is 16.4. The molecule has 0 radical (unpaired) electrons. The normalized spacial score (nSPS) is 25.3. The fraction of sp³-hybridized carbons (Fsp3) is 0.654. The number of anilines is 1. The lowest BCUT2D eigenvalue weighted by Crippen LogP contribution is -2.54. The monoisotopic (exact) mass is 471 g/mol. The number of carbonyl (C=O) groups excluding carboxylic acids is 3. The van der Waals surface area contributed by atoms with Gasteiger partial charge in [-0.05, 0) is 49.8 Å². The fourth-order valence-corrected chi connectivity index (χ4v) is 5.28. The number of hydrogen-bond donors (Lipinski definition) is 2. The molecule has 3 aliphatic rings. The molecule has 1 saturated carbocycles. The molecule has 1 saturated heterocycles. The Morgan fingerprint density at radius 2 is 1.88 bits per heavy atom. The summed E-state index contributed by atoms with van der Waals surface area (Å²) in [4.78, 5) is 39.3. The van der Waals surface area contributed by atoms with Crippen LogP contribution >= 0.6 is 0 Å². The highest BCUT2D eigenvalue weighted by molar-refractivity contribution is 5.99. The van der Waals surface area contributed by atoms with Gasteiger partial charge in [0.25, 0.3) is 5.91 Å². The minimum absolute atomic E-state index is 0.0391. The maximum Gasteiger partial charge on any atom is 0.257 e. The lowest BCUT2D eigenvalue weighted by Gasteiger charge is -2.42. The summed E-state index contributed by atoms with van der Waals surface area (Å²) in [6.07, 6.45) is 7.93. The zero-order valence-electron chi connectivity index (χ0n) is 20.3. The standard InChI is InChI=1S/C26H37N3O5/c1-3-24(30)28-18-9-12-22-20(13-18)26(32)29(2)21-11-10-19(34-23(21)16-33-22)14-25(31)27-15-17-7-5-4-6-8-17/h9,12-13,17,19,21,23H,3-8,10-11,14-16H2,1-2H3,(H,27,31)(H,28,30)/t19-,21+,23-/m0/s1. The zero-order valence-corrected chi connectivity index (χ0v) is 20.3. The number of hydrogen-bond acceptors (Lipinski definition) is 5. The van der Waals surface area contributed by atoms with Crippen molar-refractivity contribution in [3.05, 3.63) is 23.8 Å². The Morgan fingerprint density at radius 3 is 2.65 bits per heavy atom. The van der Waals surface area contributed by atoms with E-state index < -0.39 is 0 Å². The van der Waals surface area contributed by atoms with Gasteiger partial charge in [-0.3, -0.25) is 14.4 Å². The summed E-state index contributed by atoms with van der Waals surface area (Å²) < 4.78 is 12.3. The first-order valence-corrected chi connectivity index (χ1v) is 12.7. The van der Waals surface area contributed by atoms with E-state index in [4.69, 9.17) is 9.47 Å². The Balaban J connectivity index is 1.36. The van der Waals surface area contributed by atoms with Crippen molar-refractivity contribution < 1.29 is 23.9 Å². The van der Waals surface area contributed by atoms with Crippen LogP contribution in [0.25, 0.3) is 0 Å². The molecule has 186 valence electrons. The van der Waals surface area contributed by atoms with Gasteiger partial charge >= 0.3 is 0 Å². The molecule has 2 fully saturated rings. The topological polar surface area (TPSA) is 97.0 Å². The Kier molecular flexibility index (Phi) is 8.08. The summed E-state index contributed by atoms with van der Waals surface area (Å²) in [5.41, 5.74) is 1.01.